The number of hydrogen-bond donors (Lipinski definition) is 2. The van der Waals surface area contributed by atoms with Gasteiger partial charge in [-0.25, -0.2) is 13.1 Å². The number of rotatable bonds is 5. The largest absolute Gasteiger partial charge is 0.398 e. The van der Waals surface area contributed by atoms with Gasteiger partial charge in [0.1, 0.15) is 4.90 Å². The molecule has 0 saturated carbocycles. The van der Waals surface area contributed by atoms with E-state index in [2.05, 4.69) is 4.72 Å². The summed E-state index contributed by atoms with van der Waals surface area (Å²) in [6, 6.07) is 8.15. The van der Waals surface area contributed by atoms with Crippen molar-refractivity contribution in [1.29, 1.82) is 0 Å². The van der Waals surface area contributed by atoms with Crippen LogP contribution in [0.3, 0.4) is 0 Å². The Bertz CT molecular complexity index is 692. The molecule has 0 aliphatic rings. The average molecular weight is 345 g/mol. The molecule has 0 saturated heterocycles. The Balaban J connectivity index is 2.40. The number of benzene rings is 1. The van der Waals surface area contributed by atoms with Gasteiger partial charge in [0, 0.05) is 4.88 Å². The molecule has 1 heterocycles. The minimum absolute atomic E-state index is 0.0612. The lowest BCUT2D eigenvalue weighted by Crippen LogP contribution is -2.32. The first-order valence-corrected chi connectivity index (χ1v) is 9.16. The molecule has 0 bridgehead atoms. The van der Waals surface area contributed by atoms with Crippen molar-refractivity contribution in [3.8, 4) is 0 Å². The number of anilines is 1. The summed E-state index contributed by atoms with van der Waals surface area (Å²) in [7, 11) is -3.79. The van der Waals surface area contributed by atoms with Gasteiger partial charge < -0.3 is 5.73 Å². The number of nitrogens with two attached hydrogens (primary N) is 1. The van der Waals surface area contributed by atoms with Crippen molar-refractivity contribution in [1.82, 2.24) is 4.72 Å². The molecule has 2 aromatic rings. The summed E-state index contributed by atoms with van der Waals surface area (Å²) in [6.45, 7) is 3.92. The zero-order chi connectivity index (χ0) is 15.6. The zero-order valence-electron chi connectivity index (χ0n) is 11.7. The fourth-order valence-corrected chi connectivity index (χ4v) is 5.09. The third kappa shape index (κ3) is 3.58. The van der Waals surface area contributed by atoms with Gasteiger partial charge in [-0.05, 0) is 29.5 Å². The van der Waals surface area contributed by atoms with Crippen LogP contribution in [0.4, 0.5) is 5.69 Å². The van der Waals surface area contributed by atoms with Crippen LogP contribution in [-0.2, 0) is 10.0 Å². The quantitative estimate of drug-likeness (QED) is 0.813. The van der Waals surface area contributed by atoms with E-state index in [1.165, 1.54) is 23.5 Å². The van der Waals surface area contributed by atoms with Crippen LogP contribution >= 0.6 is 22.9 Å². The van der Waals surface area contributed by atoms with Crippen LogP contribution < -0.4 is 10.5 Å². The molecule has 1 aromatic carbocycles. The van der Waals surface area contributed by atoms with Gasteiger partial charge in [-0.3, -0.25) is 0 Å². The van der Waals surface area contributed by atoms with Crippen molar-refractivity contribution in [3.63, 3.8) is 0 Å². The van der Waals surface area contributed by atoms with Gasteiger partial charge in [0.15, 0.2) is 0 Å². The van der Waals surface area contributed by atoms with E-state index in [0.29, 0.717) is 0 Å². The predicted molar refractivity (Wildman–Crippen MR) is 88.1 cm³/mol. The van der Waals surface area contributed by atoms with Crippen LogP contribution in [0.2, 0.25) is 5.02 Å². The molecule has 0 aliphatic carbocycles. The van der Waals surface area contributed by atoms with Crippen molar-refractivity contribution in [2.75, 3.05) is 5.73 Å². The summed E-state index contributed by atoms with van der Waals surface area (Å²) in [6.07, 6.45) is 0. The monoisotopic (exact) mass is 344 g/mol. The van der Waals surface area contributed by atoms with E-state index in [1.807, 2.05) is 31.4 Å². The van der Waals surface area contributed by atoms with Gasteiger partial charge in [0.2, 0.25) is 10.0 Å². The smallest absolute Gasteiger partial charge is 0.244 e. The third-order valence-electron chi connectivity index (χ3n) is 3.06. The fourth-order valence-electron chi connectivity index (χ4n) is 2.03. The molecule has 1 aromatic heterocycles. The Kier molecular flexibility index (Phi) is 4.93. The molecule has 4 nitrogen and oxygen atoms in total. The van der Waals surface area contributed by atoms with E-state index >= 15 is 0 Å². The standard InChI is InChI=1S/C14H17ClN2O2S2/c1-9(2)13(12-7-4-8-20-12)17-21(18,19)14-10(15)5-3-6-11(14)16/h3-9,13,17H,16H2,1-2H3. The minimum atomic E-state index is -3.79. The number of halogens is 1. The first kappa shape index (κ1) is 16.3. The zero-order valence-corrected chi connectivity index (χ0v) is 14.1. The van der Waals surface area contributed by atoms with Gasteiger partial charge in [-0.15, -0.1) is 11.3 Å². The molecule has 0 amide bonds. The summed E-state index contributed by atoms with van der Waals surface area (Å²) in [5.41, 5.74) is 5.92. The molecule has 7 heteroatoms. The summed E-state index contributed by atoms with van der Waals surface area (Å²) >= 11 is 7.52. The molecule has 2 rings (SSSR count). The maximum Gasteiger partial charge on any atom is 0.244 e. The molecule has 0 fully saturated rings. The van der Waals surface area contributed by atoms with Crippen LogP contribution in [0.25, 0.3) is 0 Å². The minimum Gasteiger partial charge on any atom is -0.398 e. The molecule has 1 atom stereocenters. The maximum atomic E-state index is 12.6. The van der Waals surface area contributed by atoms with Crippen molar-refractivity contribution in [2.24, 2.45) is 5.92 Å². The van der Waals surface area contributed by atoms with Gasteiger partial charge in [0.05, 0.1) is 16.8 Å². The summed E-state index contributed by atoms with van der Waals surface area (Å²) in [4.78, 5) is 0.896. The molecule has 21 heavy (non-hydrogen) atoms. The molecule has 114 valence electrons. The number of sulfonamides is 1. The molecular weight excluding hydrogens is 328 g/mol. The molecule has 0 spiro atoms. The number of hydrogen-bond acceptors (Lipinski definition) is 4. The predicted octanol–water partition coefficient (Wildman–Crippen LogP) is 3.66. The Morgan fingerprint density at radius 2 is 1.95 bits per heavy atom. The second-order valence-electron chi connectivity index (χ2n) is 5.02. The Hall–Kier alpha value is -1.08. The number of nitrogen functional groups attached to an aromatic ring is 1. The Labute approximate surface area is 134 Å². The van der Waals surface area contributed by atoms with Gasteiger partial charge >= 0.3 is 0 Å². The fraction of sp³-hybridized carbons (Fsp3) is 0.286. The average Bonchev–Trinajstić information content (AvgIpc) is 2.88. The van der Waals surface area contributed by atoms with E-state index in [1.54, 1.807) is 6.07 Å². The van der Waals surface area contributed by atoms with E-state index in [0.717, 1.165) is 4.88 Å². The highest BCUT2D eigenvalue weighted by Crippen LogP contribution is 2.31. The van der Waals surface area contributed by atoms with Gasteiger partial charge in [0.25, 0.3) is 0 Å². The van der Waals surface area contributed by atoms with Crippen LogP contribution in [0.5, 0.6) is 0 Å². The third-order valence-corrected chi connectivity index (χ3v) is 6.00. The van der Waals surface area contributed by atoms with E-state index in [9.17, 15) is 8.42 Å². The van der Waals surface area contributed by atoms with Crippen molar-refractivity contribution < 1.29 is 8.42 Å². The second-order valence-corrected chi connectivity index (χ2v) is 8.05. The number of thiophene rings is 1. The highest BCUT2D eigenvalue weighted by Gasteiger charge is 2.27. The van der Waals surface area contributed by atoms with Crippen molar-refractivity contribution in [2.45, 2.75) is 24.8 Å². The van der Waals surface area contributed by atoms with E-state index in [4.69, 9.17) is 17.3 Å². The van der Waals surface area contributed by atoms with Crippen molar-refractivity contribution >= 4 is 38.6 Å². The first-order chi connectivity index (χ1) is 9.83. The highest BCUT2D eigenvalue weighted by atomic mass is 35.5. The molecule has 0 radical (unpaired) electrons. The normalized spacial score (nSPS) is 13.5. The lowest BCUT2D eigenvalue weighted by molar-refractivity contribution is 0.469. The molecule has 1 unspecified atom stereocenters. The number of nitrogens with one attached hydrogen (secondary N) is 1. The molecular formula is C14H17ClN2O2S2. The topological polar surface area (TPSA) is 72.2 Å². The van der Waals surface area contributed by atoms with E-state index in [-0.39, 0.29) is 27.6 Å². The van der Waals surface area contributed by atoms with Crippen molar-refractivity contribution in [3.05, 3.63) is 45.6 Å². The molecule has 3 N–H and O–H groups in total. The summed E-state index contributed by atoms with van der Waals surface area (Å²) < 4.78 is 27.9. The lowest BCUT2D eigenvalue weighted by atomic mass is 10.0. The van der Waals surface area contributed by atoms with Gasteiger partial charge in [-0.2, -0.15) is 0 Å². The summed E-state index contributed by atoms with van der Waals surface area (Å²) in [5, 5.41) is 2.04. The lowest BCUT2D eigenvalue weighted by Gasteiger charge is -2.22. The van der Waals surface area contributed by atoms with E-state index < -0.39 is 10.0 Å². The Morgan fingerprint density at radius 1 is 1.24 bits per heavy atom. The molecule has 0 aliphatic heterocycles. The SMILES string of the molecule is CC(C)C(NS(=O)(=O)c1c(N)cccc1Cl)c1cccs1. The maximum absolute atomic E-state index is 12.6. The Morgan fingerprint density at radius 3 is 2.48 bits per heavy atom. The van der Waals surface area contributed by atoms with Crippen LogP contribution in [0, 0.1) is 5.92 Å². The van der Waals surface area contributed by atoms with Crippen LogP contribution in [0.1, 0.15) is 24.8 Å². The van der Waals surface area contributed by atoms with Crippen LogP contribution in [0.15, 0.2) is 40.6 Å². The van der Waals surface area contributed by atoms with Gasteiger partial charge in [-0.1, -0.05) is 37.6 Å². The summed E-state index contributed by atoms with van der Waals surface area (Å²) in [5.74, 6) is 0.0992. The first-order valence-electron chi connectivity index (χ1n) is 6.42. The van der Waals surface area contributed by atoms with Crippen LogP contribution in [-0.4, -0.2) is 8.42 Å². The highest BCUT2D eigenvalue weighted by molar-refractivity contribution is 7.89. The second kappa shape index (κ2) is 6.36.